The zero-order valence-electron chi connectivity index (χ0n) is 16.7. The molecular weight excluding hydrogens is 421 g/mol. The monoisotopic (exact) mass is 443 g/mol. The molecule has 1 aliphatic rings. The van der Waals surface area contributed by atoms with Gasteiger partial charge in [0.1, 0.15) is 0 Å². The third kappa shape index (κ3) is 4.32. The summed E-state index contributed by atoms with van der Waals surface area (Å²) in [5.41, 5.74) is 7.54. The van der Waals surface area contributed by atoms with Crippen molar-refractivity contribution in [1.29, 1.82) is 0 Å². The van der Waals surface area contributed by atoms with Crippen LogP contribution in [0.2, 0.25) is 10.0 Å². The van der Waals surface area contributed by atoms with E-state index in [4.69, 9.17) is 27.9 Å². The minimum absolute atomic E-state index is 0.265. The molecule has 1 amide bonds. The lowest BCUT2D eigenvalue weighted by molar-refractivity contribution is 0.0955. The first-order chi connectivity index (χ1) is 14.6. The van der Waals surface area contributed by atoms with E-state index in [2.05, 4.69) is 15.5 Å². The number of fused-ring (bicyclic) bond motifs is 3. The molecule has 0 fully saturated rings. The third-order valence-electron chi connectivity index (χ3n) is 5.21. The first kappa shape index (κ1) is 20.8. The first-order valence-corrected chi connectivity index (χ1v) is 10.9. The average molecular weight is 444 g/mol. The van der Waals surface area contributed by atoms with Gasteiger partial charge in [0.05, 0.1) is 22.9 Å². The predicted molar refractivity (Wildman–Crippen MR) is 122 cm³/mol. The summed E-state index contributed by atoms with van der Waals surface area (Å²) in [5, 5.41) is 6.00. The quantitative estimate of drug-likeness (QED) is 0.367. The van der Waals surface area contributed by atoms with Crippen LogP contribution in [0.15, 0.2) is 35.4 Å². The number of hydrazone groups is 1. The van der Waals surface area contributed by atoms with Gasteiger partial charge in [-0.1, -0.05) is 30.1 Å². The molecule has 0 bridgehead atoms. The second-order valence-electron chi connectivity index (χ2n) is 7.41. The first-order valence-electron chi connectivity index (χ1n) is 10.2. The Hall–Kier alpha value is -2.50. The summed E-state index contributed by atoms with van der Waals surface area (Å²) < 4.78 is 5.56. The molecule has 0 saturated heterocycles. The molecule has 0 aliphatic heterocycles. The number of nitrogens with zero attached hydrogens (tertiary/aromatic N) is 1. The highest BCUT2D eigenvalue weighted by Crippen LogP contribution is 2.34. The van der Waals surface area contributed by atoms with E-state index in [1.165, 1.54) is 30.3 Å². The van der Waals surface area contributed by atoms with E-state index in [1.54, 1.807) is 12.1 Å². The lowest BCUT2D eigenvalue weighted by atomic mass is 9.95. The minimum Gasteiger partial charge on any atom is -0.490 e. The summed E-state index contributed by atoms with van der Waals surface area (Å²) in [7, 11) is 0. The van der Waals surface area contributed by atoms with Crippen molar-refractivity contribution >= 4 is 46.2 Å². The lowest BCUT2D eigenvalue weighted by Gasteiger charge is -2.10. The highest BCUT2D eigenvalue weighted by Gasteiger charge is 2.16. The number of amides is 1. The van der Waals surface area contributed by atoms with Gasteiger partial charge in [-0.05, 0) is 73.6 Å². The van der Waals surface area contributed by atoms with Gasteiger partial charge in [0.15, 0.2) is 5.75 Å². The second-order valence-corrected chi connectivity index (χ2v) is 8.23. The maximum Gasteiger partial charge on any atom is 0.271 e. The molecule has 30 heavy (non-hydrogen) atoms. The molecule has 1 heterocycles. The maximum atomic E-state index is 12.6. The summed E-state index contributed by atoms with van der Waals surface area (Å²) in [6, 6.07) is 9.11. The van der Waals surface area contributed by atoms with E-state index in [1.807, 2.05) is 25.1 Å². The molecule has 0 unspecified atom stereocenters. The number of nitrogens with one attached hydrogen (secondary N) is 2. The number of rotatable bonds is 6. The highest BCUT2D eigenvalue weighted by atomic mass is 35.5. The van der Waals surface area contributed by atoms with Crippen molar-refractivity contribution in [2.45, 2.75) is 39.0 Å². The minimum atomic E-state index is -0.265. The molecule has 156 valence electrons. The number of aromatic amines is 1. The molecule has 2 N–H and O–H groups in total. The number of hydrogen-bond donors (Lipinski definition) is 2. The number of carbonyl (C=O) groups excluding carboxylic acids is 1. The Morgan fingerprint density at radius 1 is 1.20 bits per heavy atom. The van der Waals surface area contributed by atoms with Crippen LogP contribution in [0.25, 0.3) is 10.9 Å². The van der Waals surface area contributed by atoms with Crippen molar-refractivity contribution in [2.75, 3.05) is 6.61 Å². The van der Waals surface area contributed by atoms with Crippen LogP contribution in [0, 0.1) is 0 Å². The van der Waals surface area contributed by atoms with Crippen molar-refractivity contribution in [1.82, 2.24) is 10.4 Å². The van der Waals surface area contributed by atoms with Gasteiger partial charge in [0.25, 0.3) is 5.91 Å². The Morgan fingerprint density at radius 2 is 1.97 bits per heavy atom. The molecule has 7 heteroatoms. The van der Waals surface area contributed by atoms with Gasteiger partial charge in [-0.25, -0.2) is 5.43 Å². The SMILES string of the molecule is CCCOc1c(Cl)cc(/C=N\NC(=O)c2ccc3[nH]c4c(c3c2)CCCC4)cc1Cl. The molecule has 0 spiro atoms. The van der Waals surface area contributed by atoms with Crippen LogP contribution in [-0.4, -0.2) is 23.7 Å². The molecule has 4 rings (SSSR count). The number of aryl methyl sites for hydroxylation is 2. The Bertz CT molecular complexity index is 1100. The van der Waals surface area contributed by atoms with Crippen molar-refractivity contribution in [3.8, 4) is 5.75 Å². The van der Waals surface area contributed by atoms with Crippen LogP contribution in [-0.2, 0) is 12.8 Å². The maximum absolute atomic E-state index is 12.6. The fourth-order valence-electron chi connectivity index (χ4n) is 3.77. The fraction of sp³-hybridized carbons (Fsp3) is 0.304. The molecule has 1 aromatic heterocycles. The third-order valence-corrected chi connectivity index (χ3v) is 5.77. The number of aromatic nitrogens is 1. The molecular formula is C23H23Cl2N3O2. The van der Waals surface area contributed by atoms with Gasteiger partial charge in [-0.3, -0.25) is 4.79 Å². The van der Waals surface area contributed by atoms with Crippen LogP contribution in [0.1, 0.15) is 53.4 Å². The molecule has 5 nitrogen and oxygen atoms in total. The van der Waals surface area contributed by atoms with E-state index in [9.17, 15) is 4.79 Å². The van der Waals surface area contributed by atoms with E-state index in [0.717, 1.165) is 30.2 Å². The van der Waals surface area contributed by atoms with E-state index >= 15 is 0 Å². The van der Waals surface area contributed by atoms with Crippen LogP contribution in [0.5, 0.6) is 5.75 Å². The molecule has 0 atom stereocenters. The number of hydrogen-bond acceptors (Lipinski definition) is 3. The van der Waals surface area contributed by atoms with Crippen LogP contribution >= 0.6 is 23.2 Å². The largest absolute Gasteiger partial charge is 0.490 e. The molecule has 3 aromatic rings. The number of halogens is 2. The zero-order valence-corrected chi connectivity index (χ0v) is 18.2. The van der Waals surface area contributed by atoms with Crippen molar-refractivity contribution < 1.29 is 9.53 Å². The smallest absolute Gasteiger partial charge is 0.271 e. The number of carbonyl (C=O) groups is 1. The van der Waals surface area contributed by atoms with Gasteiger partial charge in [-0.15, -0.1) is 0 Å². The Labute approximate surface area is 185 Å². The van der Waals surface area contributed by atoms with E-state index in [0.29, 0.717) is 33.5 Å². The molecule has 1 aliphatic carbocycles. The summed E-state index contributed by atoms with van der Waals surface area (Å²) in [6.07, 6.45) is 6.90. The van der Waals surface area contributed by atoms with Gasteiger partial charge in [0, 0.05) is 22.2 Å². The van der Waals surface area contributed by atoms with E-state index in [-0.39, 0.29) is 5.91 Å². The molecule has 2 aromatic carbocycles. The van der Waals surface area contributed by atoms with Crippen molar-refractivity contribution in [3.63, 3.8) is 0 Å². The molecule has 0 saturated carbocycles. The van der Waals surface area contributed by atoms with Gasteiger partial charge in [-0.2, -0.15) is 5.10 Å². The summed E-state index contributed by atoms with van der Waals surface area (Å²) >= 11 is 12.5. The average Bonchev–Trinajstić information content (AvgIpc) is 3.11. The van der Waals surface area contributed by atoms with Gasteiger partial charge >= 0.3 is 0 Å². The second kappa shape index (κ2) is 9.11. The van der Waals surface area contributed by atoms with Crippen LogP contribution in [0.3, 0.4) is 0 Å². The number of H-pyrrole nitrogens is 1. The zero-order chi connectivity index (χ0) is 21.1. The molecule has 0 radical (unpaired) electrons. The summed E-state index contributed by atoms with van der Waals surface area (Å²) in [5.74, 6) is 0.198. The number of ether oxygens (including phenoxy) is 1. The highest BCUT2D eigenvalue weighted by molar-refractivity contribution is 6.37. The fourth-order valence-corrected chi connectivity index (χ4v) is 4.39. The van der Waals surface area contributed by atoms with Gasteiger partial charge < -0.3 is 9.72 Å². The Morgan fingerprint density at radius 3 is 2.73 bits per heavy atom. The Balaban J connectivity index is 1.47. The topological polar surface area (TPSA) is 66.5 Å². The van der Waals surface area contributed by atoms with Crippen molar-refractivity contribution in [3.05, 3.63) is 62.8 Å². The summed E-state index contributed by atoms with van der Waals surface area (Å²) in [6.45, 7) is 2.55. The normalized spacial score (nSPS) is 13.6. The standard InChI is InChI=1S/C23H23Cl2N3O2/c1-2-9-30-22-18(24)10-14(11-19(22)25)13-26-28-23(29)15-7-8-21-17(12-15)16-5-3-4-6-20(16)27-21/h7-8,10-13,27H,2-6,9H2,1H3,(H,28,29)/b26-13-. The summed E-state index contributed by atoms with van der Waals surface area (Å²) in [4.78, 5) is 16.0. The van der Waals surface area contributed by atoms with Crippen molar-refractivity contribution in [2.24, 2.45) is 5.10 Å². The van der Waals surface area contributed by atoms with Crippen LogP contribution in [0.4, 0.5) is 0 Å². The van der Waals surface area contributed by atoms with Gasteiger partial charge in [0.2, 0.25) is 0 Å². The lowest BCUT2D eigenvalue weighted by Crippen LogP contribution is -2.17. The van der Waals surface area contributed by atoms with E-state index < -0.39 is 0 Å². The number of benzene rings is 2. The Kier molecular flexibility index (Phi) is 6.30. The predicted octanol–water partition coefficient (Wildman–Crippen LogP) is 5.91. The van der Waals surface area contributed by atoms with Crippen LogP contribution < -0.4 is 10.2 Å².